The van der Waals surface area contributed by atoms with E-state index in [2.05, 4.69) is 36.1 Å². The summed E-state index contributed by atoms with van der Waals surface area (Å²) in [5.74, 6) is 0.0568. The smallest absolute Gasteiger partial charge is 0.250 e. The monoisotopic (exact) mass is 551 g/mol. The molecule has 0 spiro atoms. The standard InChI is InChI=1S/C22H20BrClFN5O2S/c23-16-9-13(1-4-18(16)25)12-32-21-19(11-28-22(29-21)30-7-5-27-6-8-30)33-14-2-3-15(20(26)31)17(24)10-14/h1-4,9-11,27H,5-8,12H2,(H2,26,31). The highest BCUT2D eigenvalue weighted by atomic mass is 79.9. The maximum absolute atomic E-state index is 13.6. The number of benzene rings is 2. The van der Waals surface area contributed by atoms with Gasteiger partial charge in [0.2, 0.25) is 17.7 Å². The van der Waals surface area contributed by atoms with E-state index in [1.807, 2.05) is 0 Å². The van der Waals surface area contributed by atoms with Crippen molar-refractivity contribution in [3.05, 3.63) is 69.0 Å². The average Bonchev–Trinajstić information content (AvgIpc) is 2.81. The summed E-state index contributed by atoms with van der Waals surface area (Å²) in [5, 5.41) is 3.57. The summed E-state index contributed by atoms with van der Waals surface area (Å²) in [6.45, 7) is 3.49. The third-order valence-electron chi connectivity index (χ3n) is 4.90. The molecule has 11 heteroatoms. The number of halogens is 3. The molecule has 0 radical (unpaired) electrons. The molecule has 4 rings (SSSR count). The summed E-state index contributed by atoms with van der Waals surface area (Å²) in [6, 6.07) is 9.71. The van der Waals surface area contributed by atoms with Gasteiger partial charge in [0, 0.05) is 31.1 Å². The maximum Gasteiger partial charge on any atom is 0.250 e. The van der Waals surface area contributed by atoms with Crippen molar-refractivity contribution < 1.29 is 13.9 Å². The van der Waals surface area contributed by atoms with Crippen molar-refractivity contribution in [3.63, 3.8) is 0 Å². The van der Waals surface area contributed by atoms with Crippen molar-refractivity contribution >= 4 is 51.1 Å². The molecule has 7 nitrogen and oxygen atoms in total. The SMILES string of the molecule is NC(=O)c1ccc(Sc2cnc(N3CCNCC3)nc2OCc2ccc(F)c(Br)c2)cc1Cl. The van der Waals surface area contributed by atoms with Crippen molar-refractivity contribution in [1.29, 1.82) is 0 Å². The number of carbonyl (C=O) groups is 1. The largest absolute Gasteiger partial charge is 0.472 e. The molecule has 1 aliphatic rings. The lowest BCUT2D eigenvalue weighted by atomic mass is 10.2. The van der Waals surface area contributed by atoms with Crippen molar-refractivity contribution in [3.8, 4) is 5.88 Å². The van der Waals surface area contributed by atoms with Crippen molar-refractivity contribution in [2.45, 2.75) is 16.4 Å². The van der Waals surface area contributed by atoms with Gasteiger partial charge in [-0.05, 0) is 51.8 Å². The molecule has 2 heterocycles. The lowest BCUT2D eigenvalue weighted by molar-refractivity contribution is 0.100. The molecular formula is C22H20BrClFN5O2S. The number of carbonyl (C=O) groups excluding carboxylic acids is 1. The first-order chi connectivity index (χ1) is 15.9. The van der Waals surface area contributed by atoms with Crippen LogP contribution in [-0.2, 0) is 6.61 Å². The van der Waals surface area contributed by atoms with Crippen LogP contribution in [0, 0.1) is 5.82 Å². The number of anilines is 1. The number of nitrogens with zero attached hydrogens (tertiary/aromatic N) is 3. The summed E-state index contributed by atoms with van der Waals surface area (Å²) in [7, 11) is 0. The molecule has 1 fully saturated rings. The number of hydrogen-bond acceptors (Lipinski definition) is 7. The van der Waals surface area contributed by atoms with Crippen LogP contribution in [0.2, 0.25) is 5.02 Å². The first-order valence-corrected chi connectivity index (χ1v) is 12.1. The molecule has 0 unspecified atom stereocenters. The zero-order valence-electron chi connectivity index (χ0n) is 17.4. The molecule has 33 heavy (non-hydrogen) atoms. The number of piperazine rings is 1. The van der Waals surface area contributed by atoms with E-state index in [1.165, 1.54) is 17.8 Å². The van der Waals surface area contributed by atoms with Gasteiger partial charge in [-0.15, -0.1) is 0 Å². The second-order valence-corrected chi connectivity index (χ2v) is 9.60. The lowest BCUT2D eigenvalue weighted by Crippen LogP contribution is -2.44. The number of rotatable bonds is 7. The molecule has 0 saturated carbocycles. The molecular weight excluding hydrogens is 533 g/mol. The Hall–Kier alpha value is -2.40. The summed E-state index contributed by atoms with van der Waals surface area (Å²) in [4.78, 5) is 24.2. The van der Waals surface area contributed by atoms with Crippen LogP contribution in [0.15, 0.2) is 56.9 Å². The number of nitrogens with two attached hydrogens (primary N) is 1. The van der Waals surface area contributed by atoms with Gasteiger partial charge in [-0.3, -0.25) is 4.79 Å². The van der Waals surface area contributed by atoms with E-state index < -0.39 is 5.91 Å². The second-order valence-electron chi connectivity index (χ2n) is 7.22. The average molecular weight is 553 g/mol. The summed E-state index contributed by atoms with van der Waals surface area (Å²) in [5.41, 5.74) is 6.38. The van der Waals surface area contributed by atoms with Gasteiger partial charge in [0.05, 0.1) is 26.2 Å². The van der Waals surface area contributed by atoms with E-state index in [9.17, 15) is 9.18 Å². The number of aromatic nitrogens is 2. The van der Waals surface area contributed by atoms with Crippen LogP contribution in [0.25, 0.3) is 0 Å². The van der Waals surface area contributed by atoms with Crippen molar-refractivity contribution in [2.24, 2.45) is 5.73 Å². The molecule has 3 N–H and O–H groups in total. The normalized spacial score (nSPS) is 13.7. The molecule has 3 aromatic rings. The van der Waals surface area contributed by atoms with Gasteiger partial charge in [-0.25, -0.2) is 9.37 Å². The quantitative estimate of drug-likeness (QED) is 0.452. The Morgan fingerprint density at radius 1 is 1.27 bits per heavy atom. The molecule has 172 valence electrons. The zero-order valence-corrected chi connectivity index (χ0v) is 20.5. The predicted molar refractivity (Wildman–Crippen MR) is 130 cm³/mol. The van der Waals surface area contributed by atoms with Gasteiger partial charge in [0.25, 0.3) is 0 Å². The first kappa shape index (κ1) is 23.7. The first-order valence-electron chi connectivity index (χ1n) is 10.1. The minimum absolute atomic E-state index is 0.200. The van der Waals surface area contributed by atoms with Crippen LogP contribution in [0.5, 0.6) is 5.88 Å². The second kappa shape index (κ2) is 10.7. The summed E-state index contributed by atoms with van der Waals surface area (Å²) >= 11 is 10.8. The van der Waals surface area contributed by atoms with E-state index in [0.29, 0.717) is 21.2 Å². The number of hydrogen-bond donors (Lipinski definition) is 2. The maximum atomic E-state index is 13.6. The summed E-state index contributed by atoms with van der Waals surface area (Å²) < 4.78 is 20.0. The molecule has 1 amide bonds. The van der Waals surface area contributed by atoms with Crippen LogP contribution in [0.4, 0.5) is 10.3 Å². The van der Waals surface area contributed by atoms with Gasteiger partial charge in [-0.1, -0.05) is 29.4 Å². The third kappa shape index (κ3) is 5.94. The van der Waals surface area contributed by atoms with Gasteiger partial charge in [0.15, 0.2) is 0 Å². The number of primary amides is 1. The van der Waals surface area contributed by atoms with Crippen LogP contribution in [0.1, 0.15) is 15.9 Å². The van der Waals surface area contributed by atoms with E-state index >= 15 is 0 Å². The van der Waals surface area contributed by atoms with Crippen molar-refractivity contribution in [2.75, 3.05) is 31.1 Å². The Morgan fingerprint density at radius 3 is 2.76 bits per heavy atom. The topological polar surface area (TPSA) is 93.4 Å². The molecule has 1 saturated heterocycles. The molecule has 1 aliphatic heterocycles. The van der Waals surface area contributed by atoms with Crippen LogP contribution < -0.4 is 20.7 Å². The number of ether oxygens (including phenoxy) is 1. The third-order valence-corrected chi connectivity index (χ3v) is 6.81. The van der Waals surface area contributed by atoms with E-state index in [1.54, 1.807) is 36.5 Å². The minimum Gasteiger partial charge on any atom is -0.472 e. The van der Waals surface area contributed by atoms with Crippen LogP contribution >= 0.6 is 39.3 Å². The highest BCUT2D eigenvalue weighted by Crippen LogP contribution is 2.36. The molecule has 2 aromatic carbocycles. The number of amides is 1. The predicted octanol–water partition coefficient (Wildman–Crippen LogP) is 4.27. The molecule has 1 aromatic heterocycles. The van der Waals surface area contributed by atoms with Gasteiger partial charge >= 0.3 is 0 Å². The van der Waals surface area contributed by atoms with Crippen LogP contribution in [0.3, 0.4) is 0 Å². The van der Waals surface area contributed by atoms with E-state index in [0.717, 1.165) is 36.6 Å². The Bertz CT molecular complexity index is 1180. The Morgan fingerprint density at radius 2 is 2.06 bits per heavy atom. The molecule has 0 atom stereocenters. The van der Waals surface area contributed by atoms with Gasteiger partial charge in [0.1, 0.15) is 12.4 Å². The van der Waals surface area contributed by atoms with Crippen LogP contribution in [-0.4, -0.2) is 42.1 Å². The Labute approximate surface area is 208 Å². The van der Waals surface area contributed by atoms with Crippen molar-refractivity contribution in [1.82, 2.24) is 15.3 Å². The van der Waals surface area contributed by atoms with Gasteiger partial charge in [-0.2, -0.15) is 4.98 Å². The Balaban J connectivity index is 1.61. The highest BCUT2D eigenvalue weighted by molar-refractivity contribution is 9.10. The van der Waals surface area contributed by atoms with Gasteiger partial charge < -0.3 is 20.7 Å². The minimum atomic E-state index is -0.588. The molecule has 0 bridgehead atoms. The zero-order chi connectivity index (χ0) is 23.4. The fourth-order valence-electron chi connectivity index (χ4n) is 3.20. The Kier molecular flexibility index (Phi) is 7.69. The highest BCUT2D eigenvalue weighted by Gasteiger charge is 2.18. The van der Waals surface area contributed by atoms with E-state index in [-0.39, 0.29) is 23.0 Å². The summed E-state index contributed by atoms with van der Waals surface area (Å²) in [6.07, 6.45) is 1.71. The fourth-order valence-corrected chi connectivity index (χ4v) is 4.83. The lowest BCUT2D eigenvalue weighted by Gasteiger charge is -2.27. The fraction of sp³-hybridized carbons (Fsp3) is 0.227. The van der Waals surface area contributed by atoms with E-state index in [4.69, 9.17) is 22.1 Å². The molecule has 0 aliphatic carbocycles. The number of nitrogens with one attached hydrogen (secondary N) is 1.